The Bertz CT molecular complexity index is 703. The summed E-state index contributed by atoms with van der Waals surface area (Å²) in [7, 11) is 0. The van der Waals surface area contributed by atoms with Crippen LogP contribution in [0.25, 0.3) is 11.1 Å². The second-order valence-electron chi connectivity index (χ2n) is 6.33. The van der Waals surface area contributed by atoms with Crippen molar-refractivity contribution in [1.29, 1.82) is 0 Å². The number of carbonyl (C=O) groups is 2. The molecule has 23 heavy (non-hydrogen) atoms. The van der Waals surface area contributed by atoms with E-state index < -0.39 is 17.8 Å². The number of hydrogen-bond acceptors (Lipinski definition) is 2. The summed E-state index contributed by atoms with van der Waals surface area (Å²) in [5.41, 5.74) is 2.76. The van der Waals surface area contributed by atoms with Crippen LogP contribution in [-0.2, 0) is 4.79 Å². The van der Waals surface area contributed by atoms with Crippen LogP contribution in [-0.4, -0.2) is 16.9 Å². The number of rotatable bonds is 4. The van der Waals surface area contributed by atoms with E-state index in [0.717, 1.165) is 17.5 Å². The molecule has 0 amide bonds. The van der Waals surface area contributed by atoms with Crippen LogP contribution in [0.15, 0.2) is 54.6 Å². The first-order valence-corrected chi connectivity index (χ1v) is 8.00. The molecule has 1 fully saturated rings. The molecule has 0 radical (unpaired) electrons. The molecule has 2 aromatic carbocycles. The van der Waals surface area contributed by atoms with Crippen molar-refractivity contribution in [2.45, 2.75) is 19.8 Å². The number of carboxylic acid groups (broad SMARTS) is 1. The fourth-order valence-corrected chi connectivity index (χ4v) is 3.58. The van der Waals surface area contributed by atoms with E-state index in [1.54, 1.807) is 0 Å². The molecule has 118 valence electrons. The lowest BCUT2D eigenvalue weighted by atomic mass is 9.85. The number of Topliss-reactive ketones (excluding diaryl/α,β-unsaturated/α-hetero) is 1. The average molecular weight is 308 g/mol. The fourth-order valence-electron chi connectivity index (χ4n) is 3.58. The van der Waals surface area contributed by atoms with E-state index in [4.69, 9.17) is 0 Å². The molecular formula is C20H20O3. The highest BCUT2D eigenvalue weighted by Crippen LogP contribution is 2.39. The lowest BCUT2D eigenvalue weighted by Crippen LogP contribution is -2.28. The molecule has 0 aromatic heterocycles. The van der Waals surface area contributed by atoms with Gasteiger partial charge in [0.1, 0.15) is 0 Å². The van der Waals surface area contributed by atoms with E-state index >= 15 is 0 Å². The van der Waals surface area contributed by atoms with E-state index in [9.17, 15) is 14.7 Å². The van der Waals surface area contributed by atoms with Gasteiger partial charge in [-0.1, -0.05) is 61.5 Å². The van der Waals surface area contributed by atoms with Gasteiger partial charge in [0.2, 0.25) is 0 Å². The van der Waals surface area contributed by atoms with E-state index in [0.29, 0.717) is 12.0 Å². The average Bonchev–Trinajstić information content (AvgIpc) is 2.97. The Labute approximate surface area is 136 Å². The van der Waals surface area contributed by atoms with Gasteiger partial charge in [-0.15, -0.1) is 0 Å². The molecule has 2 unspecified atom stereocenters. The van der Waals surface area contributed by atoms with Crippen LogP contribution in [0.3, 0.4) is 0 Å². The second-order valence-corrected chi connectivity index (χ2v) is 6.33. The Morgan fingerprint density at radius 2 is 1.52 bits per heavy atom. The van der Waals surface area contributed by atoms with E-state index in [1.807, 2.05) is 61.5 Å². The van der Waals surface area contributed by atoms with Crippen molar-refractivity contribution in [1.82, 2.24) is 0 Å². The summed E-state index contributed by atoms with van der Waals surface area (Å²) in [6.07, 6.45) is 1.47. The predicted octanol–water partition coefficient (Wildman–Crippen LogP) is 4.28. The highest BCUT2D eigenvalue weighted by molar-refractivity contribution is 6.00. The lowest BCUT2D eigenvalue weighted by Gasteiger charge is -2.17. The molecule has 0 saturated heterocycles. The molecule has 3 atom stereocenters. The number of aliphatic carboxylic acids is 1. The summed E-state index contributed by atoms with van der Waals surface area (Å²) in [4.78, 5) is 24.1. The Kier molecular flexibility index (Phi) is 4.28. The lowest BCUT2D eigenvalue weighted by molar-refractivity contribution is -0.143. The molecule has 0 aliphatic heterocycles. The minimum Gasteiger partial charge on any atom is -0.481 e. The van der Waals surface area contributed by atoms with Crippen molar-refractivity contribution in [3.8, 4) is 11.1 Å². The third-order valence-corrected chi connectivity index (χ3v) is 4.88. The van der Waals surface area contributed by atoms with Crippen LogP contribution in [0.5, 0.6) is 0 Å². The van der Waals surface area contributed by atoms with Gasteiger partial charge in [0, 0.05) is 11.5 Å². The molecule has 3 nitrogen and oxygen atoms in total. The minimum absolute atomic E-state index is 0.0404. The minimum atomic E-state index is -0.853. The van der Waals surface area contributed by atoms with Crippen molar-refractivity contribution in [3.05, 3.63) is 60.2 Å². The first-order valence-electron chi connectivity index (χ1n) is 8.00. The van der Waals surface area contributed by atoms with Gasteiger partial charge in [0.15, 0.2) is 5.78 Å². The molecule has 1 aliphatic rings. The standard InChI is InChI=1S/C20H20O3/c1-13-7-12-17(18(13)20(22)23)19(21)16-10-8-15(9-11-16)14-5-3-2-4-6-14/h2-6,8-11,13,17-18H,7,12H2,1H3,(H,22,23)/t13?,17-,18?/m1/s1. The molecular weight excluding hydrogens is 288 g/mol. The van der Waals surface area contributed by atoms with Gasteiger partial charge in [0.25, 0.3) is 0 Å². The predicted molar refractivity (Wildman–Crippen MR) is 89.2 cm³/mol. The molecule has 2 aromatic rings. The SMILES string of the molecule is CC1CC[C@@H](C(=O)c2ccc(-c3ccccc3)cc2)C1C(=O)O. The molecule has 3 heteroatoms. The van der Waals surface area contributed by atoms with E-state index in [1.165, 1.54) is 0 Å². The van der Waals surface area contributed by atoms with Crippen molar-refractivity contribution < 1.29 is 14.7 Å². The van der Waals surface area contributed by atoms with Crippen LogP contribution < -0.4 is 0 Å². The summed E-state index contributed by atoms with van der Waals surface area (Å²) in [6.45, 7) is 1.92. The quantitative estimate of drug-likeness (QED) is 0.858. The highest BCUT2D eigenvalue weighted by Gasteiger charge is 2.42. The molecule has 1 saturated carbocycles. The maximum absolute atomic E-state index is 12.7. The Hall–Kier alpha value is -2.42. The van der Waals surface area contributed by atoms with Crippen molar-refractivity contribution in [2.24, 2.45) is 17.8 Å². The molecule has 0 spiro atoms. The van der Waals surface area contributed by atoms with Gasteiger partial charge >= 0.3 is 5.97 Å². The monoisotopic (exact) mass is 308 g/mol. The first kappa shape index (κ1) is 15.5. The molecule has 0 heterocycles. The van der Waals surface area contributed by atoms with E-state index in [-0.39, 0.29) is 11.7 Å². The van der Waals surface area contributed by atoms with Crippen LogP contribution in [0.1, 0.15) is 30.1 Å². The summed E-state index contributed by atoms with van der Waals surface area (Å²) in [5, 5.41) is 9.39. The first-order chi connectivity index (χ1) is 11.1. The van der Waals surface area contributed by atoms with Gasteiger partial charge < -0.3 is 5.11 Å². The fraction of sp³-hybridized carbons (Fsp3) is 0.300. The summed E-state index contributed by atoms with van der Waals surface area (Å²) in [5.74, 6) is -1.79. The molecule has 1 N–H and O–H groups in total. The normalized spacial score (nSPS) is 23.6. The van der Waals surface area contributed by atoms with Crippen molar-refractivity contribution >= 4 is 11.8 Å². The largest absolute Gasteiger partial charge is 0.481 e. The number of benzene rings is 2. The maximum atomic E-state index is 12.7. The van der Waals surface area contributed by atoms with Gasteiger partial charge in [-0.05, 0) is 29.9 Å². The maximum Gasteiger partial charge on any atom is 0.307 e. The number of carbonyl (C=O) groups excluding carboxylic acids is 1. The summed E-state index contributed by atoms with van der Waals surface area (Å²) >= 11 is 0. The second kappa shape index (κ2) is 6.37. The van der Waals surface area contributed by atoms with Gasteiger partial charge in [-0.3, -0.25) is 9.59 Å². The zero-order valence-electron chi connectivity index (χ0n) is 13.1. The Morgan fingerprint density at radius 3 is 2.13 bits per heavy atom. The van der Waals surface area contributed by atoms with Crippen LogP contribution >= 0.6 is 0 Å². The third-order valence-electron chi connectivity index (χ3n) is 4.88. The van der Waals surface area contributed by atoms with Crippen LogP contribution in [0.4, 0.5) is 0 Å². The van der Waals surface area contributed by atoms with E-state index in [2.05, 4.69) is 0 Å². The smallest absolute Gasteiger partial charge is 0.307 e. The third kappa shape index (κ3) is 3.04. The van der Waals surface area contributed by atoms with Crippen molar-refractivity contribution in [3.63, 3.8) is 0 Å². The Morgan fingerprint density at radius 1 is 0.913 bits per heavy atom. The van der Waals surface area contributed by atoms with Gasteiger partial charge in [-0.2, -0.15) is 0 Å². The Balaban J connectivity index is 1.82. The molecule has 1 aliphatic carbocycles. The number of hydrogen-bond donors (Lipinski definition) is 1. The zero-order valence-corrected chi connectivity index (χ0v) is 13.1. The van der Waals surface area contributed by atoms with Crippen LogP contribution in [0.2, 0.25) is 0 Å². The molecule has 0 bridgehead atoms. The van der Waals surface area contributed by atoms with Crippen molar-refractivity contribution in [2.75, 3.05) is 0 Å². The van der Waals surface area contributed by atoms with Crippen LogP contribution in [0, 0.1) is 17.8 Å². The highest BCUT2D eigenvalue weighted by atomic mass is 16.4. The summed E-state index contributed by atoms with van der Waals surface area (Å²) < 4.78 is 0. The number of ketones is 1. The summed E-state index contributed by atoms with van der Waals surface area (Å²) in [6, 6.07) is 17.4. The van der Waals surface area contributed by atoms with Gasteiger partial charge in [-0.25, -0.2) is 0 Å². The topological polar surface area (TPSA) is 54.4 Å². The van der Waals surface area contributed by atoms with Gasteiger partial charge in [0.05, 0.1) is 5.92 Å². The number of carboxylic acids is 1. The zero-order chi connectivity index (χ0) is 16.4. The molecule has 3 rings (SSSR count).